The second-order valence-electron chi connectivity index (χ2n) is 5.39. The fourth-order valence-electron chi connectivity index (χ4n) is 2.05. The topological polar surface area (TPSA) is 34.0 Å². The quantitative estimate of drug-likeness (QED) is 0.894. The molecule has 102 valence electrons. The van der Waals surface area contributed by atoms with E-state index in [1.807, 2.05) is 36.5 Å². The second-order valence-corrected chi connectivity index (χ2v) is 5.39. The molecule has 0 aliphatic carbocycles. The summed E-state index contributed by atoms with van der Waals surface area (Å²) in [5, 5.41) is 5.25. The van der Waals surface area contributed by atoms with Crippen molar-refractivity contribution >= 4 is 10.8 Å². The molecule has 0 saturated heterocycles. The van der Waals surface area contributed by atoms with E-state index in [1.54, 1.807) is 4.57 Å². The molecule has 0 amide bonds. The van der Waals surface area contributed by atoms with Gasteiger partial charge in [-0.3, -0.25) is 4.79 Å². The van der Waals surface area contributed by atoms with Crippen LogP contribution in [0, 0.1) is 5.92 Å². The van der Waals surface area contributed by atoms with Gasteiger partial charge in [-0.15, -0.1) is 0 Å². The van der Waals surface area contributed by atoms with Crippen LogP contribution in [0.4, 0.5) is 0 Å². The van der Waals surface area contributed by atoms with Gasteiger partial charge < -0.3 is 9.88 Å². The Labute approximate surface area is 114 Å². The molecule has 1 aromatic carbocycles. The predicted molar refractivity (Wildman–Crippen MR) is 80.5 cm³/mol. The lowest BCUT2D eigenvalue weighted by Gasteiger charge is -2.17. The summed E-state index contributed by atoms with van der Waals surface area (Å²) in [6.07, 6.45) is 1.88. The number of fused-ring (bicyclic) bond motifs is 1. The molecule has 0 aliphatic rings. The van der Waals surface area contributed by atoms with Gasteiger partial charge in [0.25, 0.3) is 5.56 Å². The Morgan fingerprint density at radius 1 is 1.16 bits per heavy atom. The van der Waals surface area contributed by atoms with Crippen LogP contribution in [0.3, 0.4) is 0 Å². The largest absolute Gasteiger partial charge is 0.314 e. The average molecular weight is 258 g/mol. The van der Waals surface area contributed by atoms with Gasteiger partial charge in [0.05, 0.1) is 0 Å². The van der Waals surface area contributed by atoms with Crippen molar-refractivity contribution in [2.75, 3.05) is 6.54 Å². The minimum Gasteiger partial charge on any atom is -0.314 e. The lowest BCUT2D eigenvalue weighted by atomic mass is 10.1. The first kappa shape index (κ1) is 13.8. The van der Waals surface area contributed by atoms with Crippen LogP contribution in [0.2, 0.25) is 0 Å². The number of rotatable bonds is 5. The van der Waals surface area contributed by atoms with Gasteiger partial charge in [-0.25, -0.2) is 0 Å². The molecule has 3 heteroatoms. The van der Waals surface area contributed by atoms with Crippen LogP contribution in [0.1, 0.15) is 20.8 Å². The summed E-state index contributed by atoms with van der Waals surface area (Å²) < 4.78 is 1.78. The summed E-state index contributed by atoms with van der Waals surface area (Å²) in [7, 11) is 0. The Kier molecular flexibility index (Phi) is 4.38. The third kappa shape index (κ3) is 3.24. The van der Waals surface area contributed by atoms with Gasteiger partial charge >= 0.3 is 0 Å². The normalized spacial score (nSPS) is 13.1. The Morgan fingerprint density at radius 3 is 2.63 bits per heavy atom. The van der Waals surface area contributed by atoms with Crippen LogP contribution in [0.15, 0.2) is 41.3 Å². The maximum Gasteiger partial charge on any atom is 0.258 e. The average Bonchev–Trinajstić information content (AvgIpc) is 2.41. The summed E-state index contributed by atoms with van der Waals surface area (Å²) >= 11 is 0. The molecule has 1 heterocycles. The summed E-state index contributed by atoms with van der Waals surface area (Å²) in [5.41, 5.74) is 0.0945. The summed E-state index contributed by atoms with van der Waals surface area (Å²) in [6, 6.07) is 10.2. The molecule has 2 rings (SSSR count). The first-order chi connectivity index (χ1) is 9.09. The maximum atomic E-state index is 12.3. The summed E-state index contributed by atoms with van der Waals surface area (Å²) in [4.78, 5) is 12.3. The fraction of sp³-hybridized carbons (Fsp3) is 0.438. The van der Waals surface area contributed by atoms with E-state index in [1.165, 1.54) is 0 Å². The molecule has 0 aliphatic heterocycles. The van der Waals surface area contributed by atoms with Crippen molar-refractivity contribution in [3.05, 3.63) is 46.9 Å². The Bertz CT molecular complexity index is 601. The van der Waals surface area contributed by atoms with Crippen molar-refractivity contribution in [3.63, 3.8) is 0 Å². The molecule has 0 radical (unpaired) electrons. The molecule has 0 fully saturated rings. The minimum absolute atomic E-state index is 0.0945. The van der Waals surface area contributed by atoms with Gasteiger partial charge in [0, 0.05) is 30.7 Å². The van der Waals surface area contributed by atoms with Crippen molar-refractivity contribution in [2.45, 2.75) is 33.4 Å². The molecule has 19 heavy (non-hydrogen) atoms. The van der Waals surface area contributed by atoms with Crippen LogP contribution >= 0.6 is 0 Å². The Hall–Kier alpha value is -1.61. The summed E-state index contributed by atoms with van der Waals surface area (Å²) in [6.45, 7) is 8.09. The minimum atomic E-state index is 0.0945. The van der Waals surface area contributed by atoms with Crippen molar-refractivity contribution in [3.8, 4) is 0 Å². The number of benzene rings is 1. The molecule has 0 spiro atoms. The molecular weight excluding hydrogens is 236 g/mol. The van der Waals surface area contributed by atoms with Gasteiger partial charge in [-0.1, -0.05) is 32.0 Å². The van der Waals surface area contributed by atoms with Gasteiger partial charge in [-0.2, -0.15) is 0 Å². The Balaban J connectivity index is 2.09. The van der Waals surface area contributed by atoms with Crippen molar-refractivity contribution in [1.29, 1.82) is 0 Å². The van der Waals surface area contributed by atoms with E-state index in [0.717, 1.165) is 17.3 Å². The van der Waals surface area contributed by atoms with Crippen molar-refractivity contribution in [1.82, 2.24) is 9.88 Å². The standard InChI is InChI=1S/C16H22N2O/c1-12(2)13(3)17-9-11-18-10-8-14-6-4-5-7-15(14)16(18)19/h4-8,10,12-13,17H,9,11H2,1-3H3. The number of nitrogens with zero attached hydrogens (tertiary/aromatic N) is 1. The van der Waals surface area contributed by atoms with Crippen molar-refractivity contribution in [2.24, 2.45) is 5.92 Å². The third-order valence-corrected chi connectivity index (χ3v) is 3.71. The van der Waals surface area contributed by atoms with Crippen LogP contribution in [-0.4, -0.2) is 17.2 Å². The van der Waals surface area contributed by atoms with E-state index in [2.05, 4.69) is 26.1 Å². The maximum absolute atomic E-state index is 12.3. The highest BCUT2D eigenvalue weighted by Gasteiger charge is 2.06. The van der Waals surface area contributed by atoms with E-state index in [0.29, 0.717) is 18.5 Å². The molecule has 3 nitrogen and oxygen atoms in total. The first-order valence-electron chi connectivity index (χ1n) is 6.91. The first-order valence-corrected chi connectivity index (χ1v) is 6.91. The van der Waals surface area contributed by atoms with Crippen LogP contribution < -0.4 is 10.9 Å². The third-order valence-electron chi connectivity index (χ3n) is 3.71. The molecule has 1 atom stereocenters. The smallest absolute Gasteiger partial charge is 0.258 e. The van der Waals surface area contributed by atoms with E-state index in [-0.39, 0.29) is 5.56 Å². The number of nitrogens with one attached hydrogen (secondary N) is 1. The molecule has 1 aromatic heterocycles. The Morgan fingerprint density at radius 2 is 1.89 bits per heavy atom. The van der Waals surface area contributed by atoms with Gasteiger partial charge in [0.15, 0.2) is 0 Å². The van der Waals surface area contributed by atoms with E-state index >= 15 is 0 Å². The monoisotopic (exact) mass is 258 g/mol. The lowest BCUT2D eigenvalue weighted by molar-refractivity contribution is 0.415. The van der Waals surface area contributed by atoms with Crippen molar-refractivity contribution < 1.29 is 0 Å². The number of hydrogen-bond acceptors (Lipinski definition) is 2. The number of hydrogen-bond donors (Lipinski definition) is 1. The SMILES string of the molecule is CC(C)C(C)NCCn1ccc2ccccc2c1=O. The molecule has 1 unspecified atom stereocenters. The molecule has 0 saturated carbocycles. The second kappa shape index (κ2) is 6.02. The molecule has 1 N–H and O–H groups in total. The zero-order valence-electron chi connectivity index (χ0n) is 11.9. The highest BCUT2D eigenvalue weighted by molar-refractivity contribution is 5.81. The van der Waals surface area contributed by atoms with Gasteiger partial charge in [-0.05, 0) is 30.4 Å². The predicted octanol–water partition coefficient (Wildman–Crippen LogP) is 2.64. The number of aromatic nitrogens is 1. The zero-order valence-corrected chi connectivity index (χ0v) is 11.9. The van der Waals surface area contributed by atoms with Crippen LogP contribution in [-0.2, 0) is 6.54 Å². The molecule has 0 bridgehead atoms. The zero-order chi connectivity index (χ0) is 13.8. The van der Waals surface area contributed by atoms with Crippen LogP contribution in [0.5, 0.6) is 0 Å². The molecule has 2 aromatic rings. The van der Waals surface area contributed by atoms with Crippen LogP contribution in [0.25, 0.3) is 10.8 Å². The van der Waals surface area contributed by atoms with Gasteiger partial charge in [0.1, 0.15) is 0 Å². The van der Waals surface area contributed by atoms with E-state index < -0.39 is 0 Å². The fourth-order valence-corrected chi connectivity index (χ4v) is 2.05. The number of pyridine rings is 1. The van der Waals surface area contributed by atoms with E-state index in [9.17, 15) is 4.79 Å². The highest BCUT2D eigenvalue weighted by Crippen LogP contribution is 2.07. The highest BCUT2D eigenvalue weighted by atomic mass is 16.1. The summed E-state index contributed by atoms with van der Waals surface area (Å²) in [5.74, 6) is 0.605. The molecular formula is C16H22N2O. The van der Waals surface area contributed by atoms with Gasteiger partial charge in [0.2, 0.25) is 0 Å². The van der Waals surface area contributed by atoms with E-state index in [4.69, 9.17) is 0 Å². The lowest BCUT2D eigenvalue weighted by Crippen LogP contribution is -2.35.